The van der Waals surface area contributed by atoms with Crippen LogP contribution in [0.2, 0.25) is 0 Å². The largest absolute Gasteiger partial charge is 0.307 e. The molecule has 8 aromatic heterocycles. The van der Waals surface area contributed by atoms with Crippen LogP contribution in [0.5, 0.6) is 0 Å². The Hall–Kier alpha value is -16.0. The van der Waals surface area contributed by atoms with Crippen molar-refractivity contribution in [1.29, 1.82) is 0 Å². The molecule has 0 unspecified atom stereocenters. The number of benzene rings is 21. The van der Waals surface area contributed by atoms with Gasteiger partial charge in [-0.15, -0.1) is 0 Å². The molecule has 0 aliphatic rings. The molecule has 8 heterocycles. The van der Waals surface area contributed by atoms with Crippen LogP contribution < -0.4 is 0 Å². The van der Waals surface area contributed by atoms with Crippen molar-refractivity contribution in [3.63, 3.8) is 0 Å². The van der Waals surface area contributed by atoms with Crippen LogP contribution in [0.15, 0.2) is 382 Å². The van der Waals surface area contributed by atoms with Crippen LogP contribution in [0, 0.1) is 0 Å². The Morgan fingerprint density at radius 1 is 0.176 bits per heavy atom. The van der Waals surface area contributed by atoms with Crippen molar-refractivity contribution in [2.75, 3.05) is 0 Å². The molecule has 0 N–H and O–H groups in total. The highest BCUT2D eigenvalue weighted by Crippen LogP contribution is 2.53. The van der Waals surface area contributed by atoms with E-state index in [-0.39, 0.29) is 0 Å². The maximum absolute atomic E-state index is 5.06. The van der Waals surface area contributed by atoms with Gasteiger partial charge in [-0.2, -0.15) is 0 Å². The molecule has 29 aromatic rings. The summed E-state index contributed by atoms with van der Waals surface area (Å²) in [5.74, 6) is 1.48. The van der Waals surface area contributed by atoms with E-state index >= 15 is 0 Å². The minimum atomic E-state index is 0.716. The lowest BCUT2D eigenvalue weighted by molar-refractivity contribution is 1.18. The minimum absolute atomic E-state index is 0.716. The van der Waals surface area contributed by atoms with Gasteiger partial charge in [0.1, 0.15) is 0 Å². The van der Waals surface area contributed by atoms with E-state index in [0.717, 1.165) is 50.4 Å². The molecular formula is C112H63N7. The molecule has 0 aliphatic carbocycles. The van der Waals surface area contributed by atoms with Crippen molar-refractivity contribution in [3.8, 4) is 67.5 Å². The van der Waals surface area contributed by atoms with E-state index in [1.54, 1.807) is 0 Å². The van der Waals surface area contributed by atoms with Crippen molar-refractivity contribution in [3.05, 3.63) is 382 Å². The molecule has 0 bridgehead atoms. The molecule has 0 fully saturated rings. The van der Waals surface area contributed by atoms with Gasteiger partial charge in [0.05, 0.1) is 66.6 Å². The van der Waals surface area contributed by atoms with Crippen LogP contribution in [0.1, 0.15) is 0 Å². The summed E-state index contributed by atoms with van der Waals surface area (Å²) in [6.45, 7) is 0. The molecule has 0 spiro atoms. The molecular weight excluding hydrogens is 1440 g/mol. The van der Waals surface area contributed by atoms with Crippen LogP contribution in [0.3, 0.4) is 0 Å². The standard InChI is InChI=1S/C46H27N3.C34H19N.C32H17N3/c1-3-11-29(12-4-1)39-27-40(30-13-5-2-6-14-30)48-46(47-39)31-23-21-28(22-24-31)32-17-9-19-37-38-26-25-36-34-16-8-7-15-33(34)35-18-10-20-41-42(35)43(36)45(38)49(41)44(32)37;1-2-8-21-19-22(16-15-20(21)7-1)23-11-5-13-28-29-18-17-27-25-10-4-3-9-24(25)26-12-6-14-30-31(26)32(27)34(29)35(30)33(23)28;1-4-13-26-18(7-1)17-33-32(34-26)25-12-5-11-23-24-16-15-22-20-9-3-2-8-19(20)21-10-6-14-27-28(21)29(22)31(24)35(27)30(23)25/h1-27H;1-19H;1-17H. The molecule has 0 aliphatic heterocycles. The van der Waals surface area contributed by atoms with Gasteiger partial charge >= 0.3 is 0 Å². The Kier molecular flexibility index (Phi) is 13.2. The molecule has 119 heavy (non-hydrogen) atoms. The summed E-state index contributed by atoms with van der Waals surface area (Å²) in [6, 6.07) is 136. The minimum Gasteiger partial charge on any atom is -0.307 e. The number of aromatic nitrogens is 7. The molecule has 0 atom stereocenters. The summed E-state index contributed by atoms with van der Waals surface area (Å²) in [5.41, 5.74) is 23.4. The third-order valence-electron chi connectivity index (χ3n) is 26.1. The summed E-state index contributed by atoms with van der Waals surface area (Å²) >= 11 is 0. The van der Waals surface area contributed by atoms with Gasteiger partial charge in [0, 0.05) is 110 Å². The van der Waals surface area contributed by atoms with Gasteiger partial charge in [-0.3, -0.25) is 0 Å². The number of fused-ring (bicyclic) bond motifs is 23. The summed E-state index contributed by atoms with van der Waals surface area (Å²) in [7, 11) is 0. The zero-order chi connectivity index (χ0) is 77.4. The molecule has 7 nitrogen and oxygen atoms in total. The maximum atomic E-state index is 5.06. The van der Waals surface area contributed by atoms with Crippen LogP contribution in [0.4, 0.5) is 0 Å². The van der Waals surface area contributed by atoms with E-state index in [0.29, 0.717) is 5.82 Å². The van der Waals surface area contributed by atoms with Gasteiger partial charge in [0.25, 0.3) is 0 Å². The average molecular weight is 1510 g/mol. The van der Waals surface area contributed by atoms with Crippen molar-refractivity contribution >= 4 is 201 Å². The van der Waals surface area contributed by atoms with Gasteiger partial charge in [-0.25, -0.2) is 19.9 Å². The van der Waals surface area contributed by atoms with E-state index in [1.165, 1.54) is 212 Å². The lowest BCUT2D eigenvalue weighted by Crippen LogP contribution is -1.96. The fourth-order valence-electron chi connectivity index (χ4n) is 21.1. The van der Waals surface area contributed by atoms with Crippen LogP contribution >= 0.6 is 0 Å². The molecule has 21 aromatic carbocycles. The first-order valence-electron chi connectivity index (χ1n) is 40.9. The van der Waals surface area contributed by atoms with Crippen LogP contribution in [-0.4, -0.2) is 33.1 Å². The zero-order valence-corrected chi connectivity index (χ0v) is 64.0. The first-order valence-corrected chi connectivity index (χ1v) is 40.9. The monoisotopic (exact) mass is 1510 g/mol. The number of nitrogens with zero attached hydrogens (tertiary/aromatic N) is 7. The third-order valence-corrected chi connectivity index (χ3v) is 26.1. The average Bonchev–Trinajstić information content (AvgIpc) is 1.53. The second-order valence-corrected chi connectivity index (χ2v) is 32.1. The van der Waals surface area contributed by atoms with Gasteiger partial charge < -0.3 is 13.2 Å². The van der Waals surface area contributed by atoms with E-state index in [4.69, 9.17) is 19.9 Å². The predicted octanol–water partition coefficient (Wildman–Crippen LogP) is 29.6. The Morgan fingerprint density at radius 3 is 0.983 bits per heavy atom. The van der Waals surface area contributed by atoms with Crippen LogP contribution in [0.25, 0.3) is 268 Å². The maximum Gasteiger partial charge on any atom is 0.161 e. The molecule has 0 radical (unpaired) electrons. The molecule has 7 heteroatoms. The molecule has 0 saturated carbocycles. The smallest absolute Gasteiger partial charge is 0.161 e. The lowest BCUT2D eigenvalue weighted by atomic mass is 9.93. The number of hydrogen-bond acceptors (Lipinski definition) is 4. The van der Waals surface area contributed by atoms with Crippen molar-refractivity contribution < 1.29 is 0 Å². The fraction of sp³-hybridized carbons (Fsp3) is 0. The van der Waals surface area contributed by atoms with Gasteiger partial charge in [0.2, 0.25) is 0 Å². The van der Waals surface area contributed by atoms with Gasteiger partial charge in [-0.05, 0) is 129 Å². The Morgan fingerprint density at radius 2 is 0.513 bits per heavy atom. The van der Waals surface area contributed by atoms with Crippen LogP contribution in [-0.2, 0) is 0 Å². The molecule has 0 saturated heterocycles. The highest BCUT2D eigenvalue weighted by molar-refractivity contribution is 6.42. The summed E-state index contributed by atoms with van der Waals surface area (Å²) in [5, 5.41) is 35.5. The predicted molar refractivity (Wildman–Crippen MR) is 501 cm³/mol. The Labute approximate surface area is 679 Å². The van der Waals surface area contributed by atoms with Gasteiger partial charge in [-0.1, -0.05) is 334 Å². The Bertz CT molecular complexity index is 8850. The highest BCUT2D eigenvalue weighted by Gasteiger charge is 2.29. The lowest BCUT2D eigenvalue weighted by Gasteiger charge is -2.11. The topological polar surface area (TPSA) is 64.8 Å². The van der Waals surface area contributed by atoms with Gasteiger partial charge in [0.15, 0.2) is 11.6 Å². The van der Waals surface area contributed by atoms with E-state index in [1.807, 2.05) is 30.5 Å². The molecule has 0 amide bonds. The first kappa shape index (κ1) is 64.4. The number of rotatable bonds is 6. The normalized spacial score (nSPS) is 12.4. The zero-order valence-electron chi connectivity index (χ0n) is 64.0. The second kappa shape index (κ2) is 24.3. The summed E-state index contributed by atoms with van der Waals surface area (Å²) in [6.07, 6.45) is 1.93. The number of hydrogen-bond donors (Lipinski definition) is 0. The molecule has 29 rings (SSSR count). The second-order valence-electron chi connectivity index (χ2n) is 32.1. The van der Waals surface area contributed by atoms with Crippen molar-refractivity contribution in [2.24, 2.45) is 0 Å². The van der Waals surface area contributed by atoms with E-state index in [9.17, 15) is 0 Å². The third kappa shape index (κ3) is 8.94. The summed E-state index contributed by atoms with van der Waals surface area (Å²) < 4.78 is 7.52. The quantitative estimate of drug-likeness (QED) is 0.156. The highest BCUT2D eigenvalue weighted by atomic mass is 15.0. The number of para-hydroxylation sites is 4. The summed E-state index contributed by atoms with van der Waals surface area (Å²) in [4.78, 5) is 19.9. The van der Waals surface area contributed by atoms with E-state index in [2.05, 4.69) is 365 Å². The Balaban J connectivity index is 0.0000000967. The molecule has 546 valence electrons. The van der Waals surface area contributed by atoms with Crippen molar-refractivity contribution in [1.82, 2.24) is 33.1 Å². The SMILES string of the molecule is c1ccc(-c2cc(-c3ccccc3)nc(-c3ccc(-c4cccc5c6ccc7c8ccccc8c8cccc9c8c7c6n9c45)cc3)n2)cc1.c1ccc2cc(-c3cccc4c5ccc6c7ccccc7c7cccc8c7c6c5n8c34)ccc2c1.c1ccc2nc(-c3cccc4c5ccc6c7ccccc7c7cccc8c7c6c5n8c34)ncc2c1. The first-order chi connectivity index (χ1) is 59.1. The fourth-order valence-corrected chi connectivity index (χ4v) is 21.1. The van der Waals surface area contributed by atoms with E-state index < -0.39 is 0 Å². The van der Waals surface area contributed by atoms with Crippen molar-refractivity contribution in [2.45, 2.75) is 0 Å².